The van der Waals surface area contributed by atoms with Crippen LogP contribution >= 0.6 is 0 Å². The van der Waals surface area contributed by atoms with Crippen molar-refractivity contribution in [2.75, 3.05) is 18.5 Å². The first-order valence-electron chi connectivity index (χ1n) is 8.22. The molecule has 2 amide bonds. The molecule has 0 aliphatic carbocycles. The molecule has 3 N–H and O–H groups in total. The Balaban J connectivity index is 2.67. The van der Waals surface area contributed by atoms with E-state index in [0.29, 0.717) is 18.9 Å². The molecule has 0 aromatic heterocycles. The summed E-state index contributed by atoms with van der Waals surface area (Å²) < 4.78 is 0. The molecule has 124 valence electrons. The molecule has 0 spiro atoms. The third kappa shape index (κ3) is 5.02. The number of carbonyl (C=O) groups is 1. The van der Waals surface area contributed by atoms with Gasteiger partial charge in [0.25, 0.3) is 0 Å². The largest absolute Gasteiger partial charge is 0.396 e. The van der Waals surface area contributed by atoms with Crippen LogP contribution in [0.1, 0.15) is 58.4 Å². The van der Waals surface area contributed by atoms with E-state index in [1.54, 1.807) is 0 Å². The molecule has 0 bridgehead atoms. The van der Waals surface area contributed by atoms with E-state index >= 15 is 0 Å². The number of nitrogens with one attached hydrogen (secondary N) is 2. The van der Waals surface area contributed by atoms with Crippen LogP contribution in [0.3, 0.4) is 0 Å². The van der Waals surface area contributed by atoms with Crippen LogP contribution < -0.4 is 10.6 Å². The summed E-state index contributed by atoms with van der Waals surface area (Å²) in [6.07, 6.45) is 2.59. The van der Waals surface area contributed by atoms with Crippen LogP contribution in [0.2, 0.25) is 0 Å². The van der Waals surface area contributed by atoms with E-state index in [-0.39, 0.29) is 18.1 Å². The molecule has 0 unspecified atom stereocenters. The Labute approximate surface area is 134 Å². The van der Waals surface area contributed by atoms with Gasteiger partial charge in [0.15, 0.2) is 0 Å². The molecule has 1 rings (SSSR count). The summed E-state index contributed by atoms with van der Waals surface area (Å²) in [4.78, 5) is 12.2. The van der Waals surface area contributed by atoms with Crippen LogP contribution in [0.5, 0.6) is 0 Å². The second-order valence-electron chi connectivity index (χ2n) is 6.23. The molecular formula is C18H30N2O2. The SMILES string of the molecule is CCC(CC)(CCO)CNC(=O)Nc1ccccc1C(C)C. The summed E-state index contributed by atoms with van der Waals surface area (Å²) in [5.74, 6) is 0.358. The predicted molar refractivity (Wildman–Crippen MR) is 92.3 cm³/mol. The van der Waals surface area contributed by atoms with Crippen molar-refractivity contribution < 1.29 is 9.90 Å². The number of rotatable bonds is 8. The van der Waals surface area contributed by atoms with Crippen molar-refractivity contribution in [2.24, 2.45) is 5.41 Å². The summed E-state index contributed by atoms with van der Waals surface area (Å²) in [5, 5.41) is 15.1. The molecule has 0 fully saturated rings. The second kappa shape index (κ2) is 8.79. The van der Waals surface area contributed by atoms with Crippen LogP contribution in [0, 0.1) is 5.41 Å². The maximum Gasteiger partial charge on any atom is 0.319 e. The lowest BCUT2D eigenvalue weighted by Crippen LogP contribution is -2.39. The Hall–Kier alpha value is -1.55. The first kappa shape index (κ1) is 18.5. The summed E-state index contributed by atoms with van der Waals surface area (Å²) >= 11 is 0. The van der Waals surface area contributed by atoms with Gasteiger partial charge in [0.2, 0.25) is 0 Å². The van der Waals surface area contributed by atoms with E-state index in [2.05, 4.69) is 38.3 Å². The topological polar surface area (TPSA) is 61.4 Å². The van der Waals surface area contributed by atoms with Crippen molar-refractivity contribution in [3.63, 3.8) is 0 Å². The minimum atomic E-state index is -0.183. The van der Waals surface area contributed by atoms with Crippen LogP contribution in [-0.4, -0.2) is 24.3 Å². The molecule has 0 atom stereocenters. The van der Waals surface area contributed by atoms with Crippen molar-refractivity contribution >= 4 is 11.7 Å². The fourth-order valence-corrected chi connectivity index (χ4v) is 2.73. The standard InChI is InChI=1S/C18H30N2O2/c1-5-18(6-2,11-12-21)13-19-17(22)20-16-10-8-7-9-15(16)14(3)4/h7-10,14,21H,5-6,11-13H2,1-4H3,(H2,19,20,22). The van der Waals surface area contributed by atoms with Crippen molar-refractivity contribution in [3.8, 4) is 0 Å². The quantitative estimate of drug-likeness (QED) is 0.676. The molecule has 4 nitrogen and oxygen atoms in total. The molecular weight excluding hydrogens is 276 g/mol. The maximum absolute atomic E-state index is 12.2. The lowest BCUT2D eigenvalue weighted by Gasteiger charge is -2.31. The van der Waals surface area contributed by atoms with Crippen molar-refractivity contribution in [1.29, 1.82) is 0 Å². The van der Waals surface area contributed by atoms with E-state index < -0.39 is 0 Å². The molecule has 0 saturated carbocycles. The van der Waals surface area contributed by atoms with Gasteiger partial charge in [-0.25, -0.2) is 4.79 Å². The molecule has 1 aromatic carbocycles. The van der Waals surface area contributed by atoms with Gasteiger partial charge in [0.05, 0.1) is 0 Å². The highest BCUT2D eigenvalue weighted by atomic mass is 16.3. The molecule has 4 heteroatoms. The van der Waals surface area contributed by atoms with Crippen LogP contribution in [-0.2, 0) is 0 Å². The monoisotopic (exact) mass is 306 g/mol. The number of para-hydroxylation sites is 1. The van der Waals surface area contributed by atoms with E-state index in [4.69, 9.17) is 0 Å². The molecule has 0 saturated heterocycles. The van der Waals surface area contributed by atoms with Gasteiger partial charge >= 0.3 is 6.03 Å². The first-order valence-corrected chi connectivity index (χ1v) is 8.22. The number of amides is 2. The smallest absolute Gasteiger partial charge is 0.319 e. The van der Waals surface area contributed by atoms with Gasteiger partial charge < -0.3 is 15.7 Å². The number of aliphatic hydroxyl groups excluding tert-OH is 1. The minimum absolute atomic E-state index is 0.0242. The minimum Gasteiger partial charge on any atom is -0.396 e. The highest BCUT2D eigenvalue weighted by molar-refractivity contribution is 5.90. The zero-order valence-corrected chi connectivity index (χ0v) is 14.3. The fraction of sp³-hybridized carbons (Fsp3) is 0.611. The number of carbonyl (C=O) groups excluding carboxylic acids is 1. The Bertz CT molecular complexity index is 468. The number of aliphatic hydroxyl groups is 1. The summed E-state index contributed by atoms with van der Waals surface area (Å²) in [6.45, 7) is 9.16. The normalized spacial score (nSPS) is 11.5. The summed E-state index contributed by atoms with van der Waals surface area (Å²) in [7, 11) is 0. The van der Waals surface area contributed by atoms with Gasteiger partial charge in [-0.05, 0) is 42.2 Å². The van der Waals surface area contributed by atoms with Gasteiger partial charge in [0.1, 0.15) is 0 Å². The highest BCUT2D eigenvalue weighted by Gasteiger charge is 2.26. The summed E-state index contributed by atoms with van der Waals surface area (Å²) in [6, 6.07) is 7.69. The molecule has 0 heterocycles. The van der Waals surface area contributed by atoms with Crippen molar-refractivity contribution in [2.45, 2.75) is 52.9 Å². The fourth-order valence-electron chi connectivity index (χ4n) is 2.73. The number of benzene rings is 1. The molecule has 22 heavy (non-hydrogen) atoms. The zero-order chi connectivity index (χ0) is 16.6. The second-order valence-corrected chi connectivity index (χ2v) is 6.23. The average molecular weight is 306 g/mol. The Kier molecular flexibility index (Phi) is 7.39. The van der Waals surface area contributed by atoms with E-state index in [0.717, 1.165) is 24.1 Å². The lowest BCUT2D eigenvalue weighted by atomic mass is 9.79. The highest BCUT2D eigenvalue weighted by Crippen LogP contribution is 2.29. The van der Waals surface area contributed by atoms with Crippen molar-refractivity contribution in [1.82, 2.24) is 5.32 Å². The van der Waals surface area contributed by atoms with Gasteiger partial charge in [-0.3, -0.25) is 0 Å². The average Bonchev–Trinajstić information content (AvgIpc) is 2.52. The van der Waals surface area contributed by atoms with Gasteiger partial charge in [-0.15, -0.1) is 0 Å². The van der Waals surface area contributed by atoms with E-state index in [1.165, 1.54) is 0 Å². The zero-order valence-electron chi connectivity index (χ0n) is 14.3. The lowest BCUT2D eigenvalue weighted by molar-refractivity contribution is 0.165. The number of anilines is 1. The summed E-state index contributed by atoms with van der Waals surface area (Å²) in [5.41, 5.74) is 1.96. The number of hydrogen-bond donors (Lipinski definition) is 3. The third-order valence-electron chi connectivity index (χ3n) is 4.60. The van der Waals surface area contributed by atoms with Crippen LogP contribution in [0.15, 0.2) is 24.3 Å². The molecule has 0 radical (unpaired) electrons. The van der Waals surface area contributed by atoms with Crippen molar-refractivity contribution in [3.05, 3.63) is 29.8 Å². The van der Waals surface area contributed by atoms with Crippen LogP contribution in [0.25, 0.3) is 0 Å². The third-order valence-corrected chi connectivity index (χ3v) is 4.60. The Morgan fingerprint density at radius 3 is 2.41 bits per heavy atom. The predicted octanol–water partition coefficient (Wildman–Crippen LogP) is 4.12. The van der Waals surface area contributed by atoms with Gasteiger partial charge in [-0.1, -0.05) is 45.9 Å². The van der Waals surface area contributed by atoms with Gasteiger partial charge in [-0.2, -0.15) is 0 Å². The molecule has 0 aliphatic heterocycles. The van der Waals surface area contributed by atoms with E-state index in [1.807, 2.05) is 24.3 Å². The van der Waals surface area contributed by atoms with Gasteiger partial charge in [0, 0.05) is 18.8 Å². The Morgan fingerprint density at radius 2 is 1.86 bits per heavy atom. The number of hydrogen-bond acceptors (Lipinski definition) is 2. The molecule has 1 aromatic rings. The first-order chi connectivity index (χ1) is 10.5. The number of urea groups is 1. The van der Waals surface area contributed by atoms with Crippen LogP contribution in [0.4, 0.5) is 10.5 Å². The maximum atomic E-state index is 12.2. The Morgan fingerprint density at radius 1 is 1.23 bits per heavy atom. The molecule has 0 aliphatic rings. The van der Waals surface area contributed by atoms with E-state index in [9.17, 15) is 9.90 Å².